The van der Waals surface area contributed by atoms with Crippen LogP contribution in [0.1, 0.15) is 54.9 Å². The van der Waals surface area contributed by atoms with Crippen molar-refractivity contribution in [3.63, 3.8) is 0 Å². The van der Waals surface area contributed by atoms with Gasteiger partial charge in [0, 0.05) is 0 Å². The molecule has 0 aliphatic rings. The number of ketones is 1. The maximum atomic E-state index is 13.4. The van der Waals surface area contributed by atoms with Gasteiger partial charge in [-0.25, -0.2) is 0 Å². The Balaban J connectivity index is 2.17. The summed E-state index contributed by atoms with van der Waals surface area (Å²) in [6, 6.07) is 33.2. The first-order chi connectivity index (χ1) is 15.4. The molecule has 0 aliphatic heterocycles. The molecule has 0 radical (unpaired) electrons. The van der Waals surface area contributed by atoms with Crippen LogP contribution in [0.5, 0.6) is 0 Å². The quantitative estimate of drug-likeness (QED) is 0.339. The summed E-state index contributed by atoms with van der Waals surface area (Å²) in [5.41, 5.74) is -0.753. The zero-order valence-corrected chi connectivity index (χ0v) is 22.5. The molecule has 3 rings (SSSR count). The zero-order chi connectivity index (χ0) is 24.3. The van der Waals surface area contributed by atoms with E-state index in [2.05, 4.69) is 119 Å². The van der Waals surface area contributed by atoms with Crippen LogP contribution in [0.15, 0.2) is 91.0 Å². The van der Waals surface area contributed by atoms with Crippen molar-refractivity contribution in [2.45, 2.75) is 54.9 Å². The number of rotatable bonds is 8. The Bertz CT molecular complexity index is 948. The van der Waals surface area contributed by atoms with Gasteiger partial charge in [0.15, 0.2) is 0 Å². The van der Waals surface area contributed by atoms with E-state index in [0.29, 0.717) is 5.78 Å². The SMILES string of the molecule is CC(C)(CC(C)(C)C(=O)C(C)(C)C)C[PH](c1ccccc1)(c1ccccc1)c1ccccc1. The molecule has 0 aliphatic carbocycles. The van der Waals surface area contributed by atoms with Gasteiger partial charge in [0.2, 0.25) is 0 Å². The van der Waals surface area contributed by atoms with Crippen LogP contribution in [0.4, 0.5) is 0 Å². The van der Waals surface area contributed by atoms with E-state index in [1.54, 1.807) is 0 Å². The fourth-order valence-electron chi connectivity index (χ4n) is 6.05. The summed E-state index contributed by atoms with van der Waals surface area (Å²) in [6.07, 6.45) is 1.90. The van der Waals surface area contributed by atoms with Crippen LogP contribution in [0.25, 0.3) is 0 Å². The first-order valence-corrected chi connectivity index (χ1v) is 14.3. The molecular formula is C31H41OP. The molecule has 3 aromatic rings. The van der Waals surface area contributed by atoms with E-state index in [1.807, 2.05) is 20.8 Å². The molecule has 33 heavy (non-hydrogen) atoms. The number of benzene rings is 3. The van der Waals surface area contributed by atoms with E-state index < -0.39 is 7.26 Å². The Morgan fingerprint density at radius 1 is 0.606 bits per heavy atom. The van der Waals surface area contributed by atoms with Crippen molar-refractivity contribution in [2.24, 2.45) is 16.2 Å². The van der Waals surface area contributed by atoms with E-state index >= 15 is 0 Å². The molecule has 0 bridgehead atoms. The van der Waals surface area contributed by atoms with Gasteiger partial charge < -0.3 is 0 Å². The summed E-state index contributed by atoms with van der Waals surface area (Å²) in [5, 5.41) is 4.28. The van der Waals surface area contributed by atoms with Crippen LogP contribution in [0.2, 0.25) is 0 Å². The van der Waals surface area contributed by atoms with Crippen molar-refractivity contribution in [1.29, 1.82) is 0 Å². The molecule has 0 unspecified atom stereocenters. The third-order valence-electron chi connectivity index (χ3n) is 6.76. The predicted octanol–water partition coefficient (Wildman–Crippen LogP) is 6.77. The topological polar surface area (TPSA) is 17.1 Å². The van der Waals surface area contributed by atoms with E-state index in [9.17, 15) is 4.79 Å². The summed E-state index contributed by atoms with van der Waals surface area (Å²) in [5.74, 6) is 0.342. The molecule has 0 saturated carbocycles. The minimum absolute atomic E-state index is 0.0296. The number of hydrogen-bond acceptors (Lipinski definition) is 1. The second-order valence-corrected chi connectivity index (χ2v) is 15.9. The summed E-state index contributed by atoms with van der Waals surface area (Å²) in [4.78, 5) is 13.4. The van der Waals surface area contributed by atoms with Gasteiger partial charge in [-0.1, -0.05) is 0 Å². The number of carbonyl (C=O) groups excluding carboxylic acids is 1. The first-order valence-electron chi connectivity index (χ1n) is 12.1. The third-order valence-corrected chi connectivity index (χ3v) is 12.2. The number of Topliss-reactive ketones (excluding diaryl/α,β-unsaturated/α-hetero) is 1. The average molecular weight is 461 g/mol. The van der Waals surface area contributed by atoms with Crippen molar-refractivity contribution < 1.29 is 4.79 Å². The number of carbonyl (C=O) groups is 1. The van der Waals surface area contributed by atoms with Crippen LogP contribution in [0.3, 0.4) is 0 Å². The Labute approximate surface area is 202 Å². The normalized spacial score (nSPS) is 13.5. The van der Waals surface area contributed by atoms with Gasteiger partial charge in [0.05, 0.1) is 0 Å². The second-order valence-electron chi connectivity index (χ2n) is 12.0. The van der Waals surface area contributed by atoms with Crippen LogP contribution < -0.4 is 15.9 Å². The molecule has 0 atom stereocenters. The van der Waals surface area contributed by atoms with Crippen molar-refractivity contribution in [3.05, 3.63) is 91.0 Å². The fraction of sp³-hybridized carbons (Fsp3) is 0.387. The molecule has 0 heterocycles. The van der Waals surface area contributed by atoms with Gasteiger partial charge in [-0.3, -0.25) is 0 Å². The third kappa shape index (κ3) is 5.64. The molecule has 0 fully saturated rings. The molecule has 0 saturated heterocycles. The van der Waals surface area contributed by atoms with Crippen molar-refractivity contribution in [3.8, 4) is 0 Å². The van der Waals surface area contributed by atoms with Crippen LogP contribution in [-0.2, 0) is 4.79 Å². The molecular weight excluding hydrogens is 419 g/mol. The molecule has 3 aromatic carbocycles. The summed E-state index contributed by atoms with van der Waals surface area (Å²) in [7, 11) is -2.35. The van der Waals surface area contributed by atoms with Crippen LogP contribution in [-0.4, -0.2) is 11.9 Å². The molecule has 0 N–H and O–H groups in total. The van der Waals surface area contributed by atoms with Crippen LogP contribution in [0, 0.1) is 16.2 Å². The summed E-state index contributed by atoms with van der Waals surface area (Å²) < 4.78 is 0. The second kappa shape index (κ2) is 9.55. The van der Waals surface area contributed by atoms with Gasteiger partial charge >= 0.3 is 202 Å². The number of hydrogen-bond donors (Lipinski definition) is 0. The molecule has 0 amide bonds. The Morgan fingerprint density at radius 3 is 1.24 bits per heavy atom. The van der Waals surface area contributed by atoms with Gasteiger partial charge in [0.1, 0.15) is 0 Å². The van der Waals surface area contributed by atoms with E-state index in [1.165, 1.54) is 15.9 Å². The van der Waals surface area contributed by atoms with Gasteiger partial charge in [0.25, 0.3) is 0 Å². The molecule has 0 aromatic heterocycles. The van der Waals surface area contributed by atoms with E-state index in [0.717, 1.165) is 12.6 Å². The monoisotopic (exact) mass is 460 g/mol. The summed E-state index contributed by atoms with van der Waals surface area (Å²) in [6.45, 7) is 15.1. The molecule has 176 valence electrons. The summed E-state index contributed by atoms with van der Waals surface area (Å²) >= 11 is 0. The fourth-order valence-corrected chi connectivity index (χ4v) is 11.5. The molecule has 0 spiro atoms. The maximum absolute atomic E-state index is 13.4. The van der Waals surface area contributed by atoms with Crippen molar-refractivity contribution in [1.82, 2.24) is 0 Å². The minimum atomic E-state index is -2.35. The molecule has 1 nitrogen and oxygen atoms in total. The Hall–Kier alpha value is -2.24. The van der Waals surface area contributed by atoms with Gasteiger partial charge in [-0.15, -0.1) is 0 Å². The van der Waals surface area contributed by atoms with Gasteiger partial charge in [-0.05, 0) is 0 Å². The Kier molecular flexibility index (Phi) is 7.35. The van der Waals surface area contributed by atoms with Gasteiger partial charge in [-0.2, -0.15) is 0 Å². The molecule has 2 heteroatoms. The standard InChI is InChI=1S/C31H41OP/c1-29(2,3)28(32)31(6,7)23-30(4,5)24-33(25-17-11-8-12-18-25,26-19-13-9-14-20-26)27-21-15-10-16-22-27/h8-22,33H,23-24H2,1-7H3. The zero-order valence-electron chi connectivity index (χ0n) is 21.5. The van der Waals surface area contributed by atoms with E-state index in [-0.39, 0.29) is 16.2 Å². The van der Waals surface area contributed by atoms with Crippen molar-refractivity contribution >= 4 is 29.0 Å². The Morgan fingerprint density at radius 2 is 0.939 bits per heavy atom. The average Bonchev–Trinajstić information content (AvgIpc) is 2.77. The first kappa shape index (κ1) is 25.4. The van der Waals surface area contributed by atoms with E-state index in [4.69, 9.17) is 0 Å². The predicted molar refractivity (Wildman–Crippen MR) is 148 cm³/mol. The van der Waals surface area contributed by atoms with Crippen molar-refractivity contribution in [2.75, 3.05) is 6.16 Å². The van der Waals surface area contributed by atoms with Crippen LogP contribution >= 0.6 is 7.26 Å².